The number of carbonyl (C=O) groups is 1. The summed E-state index contributed by atoms with van der Waals surface area (Å²) in [4.78, 5) is 34.6. The molecule has 0 aliphatic rings. The fourth-order valence-corrected chi connectivity index (χ4v) is 3.34. The van der Waals surface area contributed by atoms with Crippen LogP contribution in [0.15, 0.2) is 77.6 Å². The number of nitrogens with zero attached hydrogens (tertiary/aromatic N) is 2. The van der Waals surface area contributed by atoms with Gasteiger partial charge in [0.25, 0.3) is 11.5 Å². The van der Waals surface area contributed by atoms with Crippen LogP contribution in [0.1, 0.15) is 21.7 Å². The van der Waals surface area contributed by atoms with Crippen LogP contribution in [0.5, 0.6) is 5.75 Å². The van der Waals surface area contributed by atoms with E-state index in [1.54, 1.807) is 65.6 Å². The van der Waals surface area contributed by atoms with E-state index in [-0.39, 0.29) is 30.4 Å². The molecular formula is C24H20FN3O3. The average molecular weight is 417 g/mol. The summed E-state index contributed by atoms with van der Waals surface area (Å²) in [6, 6.07) is 19.8. The van der Waals surface area contributed by atoms with Crippen LogP contribution in [-0.2, 0) is 13.1 Å². The number of nitrogens with one attached hydrogen (secondary N) is 1. The molecule has 0 saturated carbocycles. The van der Waals surface area contributed by atoms with Crippen LogP contribution in [0.2, 0.25) is 0 Å². The molecule has 0 aliphatic heterocycles. The zero-order valence-corrected chi connectivity index (χ0v) is 16.8. The highest BCUT2D eigenvalue weighted by molar-refractivity contribution is 5.94. The summed E-state index contributed by atoms with van der Waals surface area (Å²) in [5.74, 6) is 0.306. The van der Waals surface area contributed by atoms with Gasteiger partial charge in [0.15, 0.2) is 0 Å². The molecule has 1 heterocycles. The fourth-order valence-electron chi connectivity index (χ4n) is 3.34. The molecule has 4 rings (SSSR count). The Morgan fingerprint density at radius 1 is 1.03 bits per heavy atom. The largest absolute Gasteiger partial charge is 0.497 e. The van der Waals surface area contributed by atoms with Gasteiger partial charge in [-0.3, -0.25) is 9.59 Å². The SMILES string of the molecule is COc1cccc(C(=O)N(Cc2ccc(F)cc2)Cc2nc3ccccc3c(=O)[nH]2)c1. The summed E-state index contributed by atoms with van der Waals surface area (Å²) in [7, 11) is 1.53. The molecule has 1 amide bonds. The Morgan fingerprint density at radius 3 is 2.58 bits per heavy atom. The van der Waals surface area contributed by atoms with Crippen LogP contribution in [0.25, 0.3) is 10.9 Å². The van der Waals surface area contributed by atoms with E-state index in [9.17, 15) is 14.0 Å². The van der Waals surface area contributed by atoms with Crippen molar-refractivity contribution in [2.24, 2.45) is 0 Å². The molecule has 0 radical (unpaired) electrons. The second-order valence-corrected chi connectivity index (χ2v) is 7.05. The van der Waals surface area contributed by atoms with Crippen molar-refractivity contribution in [3.8, 4) is 5.75 Å². The van der Waals surface area contributed by atoms with Crippen molar-refractivity contribution in [3.05, 3.63) is 106 Å². The summed E-state index contributed by atoms with van der Waals surface area (Å²) in [5, 5.41) is 0.482. The Balaban J connectivity index is 1.70. The first-order valence-corrected chi connectivity index (χ1v) is 9.69. The number of amides is 1. The first kappa shape index (κ1) is 20.3. The maximum atomic E-state index is 13.3. The van der Waals surface area contributed by atoms with Gasteiger partial charge in [0.05, 0.1) is 24.6 Å². The van der Waals surface area contributed by atoms with Gasteiger partial charge in [0.2, 0.25) is 0 Å². The summed E-state index contributed by atoms with van der Waals surface area (Å²) in [6.45, 7) is 0.292. The van der Waals surface area contributed by atoms with Crippen molar-refractivity contribution in [2.45, 2.75) is 13.1 Å². The Bertz CT molecular complexity index is 1290. The number of H-pyrrole nitrogens is 1. The number of aromatic amines is 1. The molecule has 0 fully saturated rings. The van der Waals surface area contributed by atoms with Crippen LogP contribution in [-0.4, -0.2) is 27.9 Å². The molecule has 4 aromatic rings. The van der Waals surface area contributed by atoms with E-state index < -0.39 is 0 Å². The molecule has 156 valence electrons. The smallest absolute Gasteiger partial charge is 0.258 e. The molecule has 6 nitrogen and oxygen atoms in total. The van der Waals surface area contributed by atoms with Crippen LogP contribution >= 0.6 is 0 Å². The van der Waals surface area contributed by atoms with Crippen molar-refractivity contribution in [1.29, 1.82) is 0 Å². The van der Waals surface area contributed by atoms with Gasteiger partial charge in [-0.15, -0.1) is 0 Å². The number of carbonyl (C=O) groups excluding carboxylic acids is 1. The third-order valence-electron chi connectivity index (χ3n) is 4.89. The van der Waals surface area contributed by atoms with E-state index >= 15 is 0 Å². The van der Waals surface area contributed by atoms with Crippen molar-refractivity contribution in [3.63, 3.8) is 0 Å². The highest BCUT2D eigenvalue weighted by Crippen LogP contribution is 2.18. The van der Waals surface area contributed by atoms with E-state index in [4.69, 9.17) is 4.74 Å². The van der Waals surface area contributed by atoms with E-state index in [0.717, 1.165) is 5.56 Å². The van der Waals surface area contributed by atoms with E-state index in [0.29, 0.717) is 28.0 Å². The number of fused-ring (bicyclic) bond motifs is 1. The van der Waals surface area contributed by atoms with Gasteiger partial charge in [0, 0.05) is 12.1 Å². The Morgan fingerprint density at radius 2 is 1.81 bits per heavy atom. The molecule has 7 heteroatoms. The molecule has 0 aliphatic carbocycles. The summed E-state index contributed by atoms with van der Waals surface area (Å²) < 4.78 is 18.6. The second kappa shape index (κ2) is 8.79. The van der Waals surface area contributed by atoms with Crippen molar-refractivity contribution < 1.29 is 13.9 Å². The van der Waals surface area contributed by atoms with E-state index in [1.807, 2.05) is 0 Å². The standard InChI is InChI=1S/C24H20FN3O3/c1-31-19-6-4-5-17(13-19)24(30)28(14-16-9-11-18(25)12-10-16)15-22-26-21-8-3-2-7-20(21)23(29)27-22/h2-13H,14-15H2,1H3,(H,26,27,29). The Hall–Kier alpha value is -4.00. The van der Waals surface area contributed by atoms with Gasteiger partial charge in [-0.25, -0.2) is 9.37 Å². The maximum Gasteiger partial charge on any atom is 0.258 e. The molecule has 0 saturated heterocycles. The predicted octanol–water partition coefficient (Wildman–Crippen LogP) is 3.91. The number of aromatic nitrogens is 2. The minimum absolute atomic E-state index is 0.0769. The van der Waals surface area contributed by atoms with E-state index in [2.05, 4.69) is 9.97 Å². The van der Waals surface area contributed by atoms with Crippen molar-refractivity contribution >= 4 is 16.8 Å². The number of halogens is 1. The lowest BCUT2D eigenvalue weighted by molar-refractivity contribution is 0.0725. The Kier molecular flexibility index (Phi) is 5.75. The first-order valence-electron chi connectivity index (χ1n) is 9.69. The molecule has 0 bridgehead atoms. The predicted molar refractivity (Wildman–Crippen MR) is 115 cm³/mol. The molecule has 1 aromatic heterocycles. The molecule has 0 atom stereocenters. The number of para-hydroxylation sites is 1. The second-order valence-electron chi connectivity index (χ2n) is 7.05. The summed E-state index contributed by atoms with van der Waals surface area (Å²) >= 11 is 0. The summed E-state index contributed by atoms with van der Waals surface area (Å²) in [6.07, 6.45) is 0. The molecular weight excluding hydrogens is 397 g/mol. The lowest BCUT2D eigenvalue weighted by atomic mass is 10.1. The molecule has 31 heavy (non-hydrogen) atoms. The quantitative estimate of drug-likeness (QED) is 0.516. The zero-order chi connectivity index (χ0) is 21.8. The van der Waals surface area contributed by atoms with Gasteiger partial charge in [-0.05, 0) is 48.0 Å². The lowest BCUT2D eigenvalue weighted by Crippen LogP contribution is -2.31. The first-order chi connectivity index (χ1) is 15.0. The normalized spacial score (nSPS) is 10.8. The number of hydrogen-bond acceptors (Lipinski definition) is 4. The minimum Gasteiger partial charge on any atom is -0.497 e. The maximum absolute atomic E-state index is 13.3. The number of rotatable bonds is 6. The van der Waals surface area contributed by atoms with Crippen LogP contribution in [0, 0.1) is 5.82 Å². The molecule has 1 N–H and O–H groups in total. The zero-order valence-electron chi connectivity index (χ0n) is 16.8. The molecule has 0 unspecified atom stereocenters. The van der Waals surface area contributed by atoms with Gasteiger partial charge in [0.1, 0.15) is 17.4 Å². The molecule has 3 aromatic carbocycles. The number of methoxy groups -OCH3 is 1. The highest BCUT2D eigenvalue weighted by atomic mass is 19.1. The number of ether oxygens (including phenoxy) is 1. The van der Waals surface area contributed by atoms with Crippen LogP contribution in [0.4, 0.5) is 4.39 Å². The average Bonchev–Trinajstić information content (AvgIpc) is 2.79. The monoisotopic (exact) mass is 417 g/mol. The molecule has 0 spiro atoms. The highest BCUT2D eigenvalue weighted by Gasteiger charge is 2.19. The van der Waals surface area contributed by atoms with Gasteiger partial charge in [-0.2, -0.15) is 0 Å². The van der Waals surface area contributed by atoms with Gasteiger partial charge >= 0.3 is 0 Å². The summed E-state index contributed by atoms with van der Waals surface area (Å²) in [5.41, 5.74) is 1.47. The van der Waals surface area contributed by atoms with Crippen LogP contribution in [0.3, 0.4) is 0 Å². The third kappa shape index (κ3) is 4.61. The van der Waals surface area contributed by atoms with Crippen molar-refractivity contribution in [2.75, 3.05) is 7.11 Å². The number of benzene rings is 3. The lowest BCUT2D eigenvalue weighted by Gasteiger charge is -2.23. The van der Waals surface area contributed by atoms with Crippen LogP contribution < -0.4 is 10.3 Å². The van der Waals surface area contributed by atoms with Gasteiger partial charge in [-0.1, -0.05) is 30.3 Å². The minimum atomic E-state index is -0.352. The van der Waals surface area contributed by atoms with Crippen molar-refractivity contribution in [1.82, 2.24) is 14.9 Å². The number of hydrogen-bond donors (Lipinski definition) is 1. The van der Waals surface area contributed by atoms with E-state index in [1.165, 1.54) is 19.2 Å². The topological polar surface area (TPSA) is 75.3 Å². The fraction of sp³-hybridized carbons (Fsp3) is 0.125. The van der Waals surface area contributed by atoms with Gasteiger partial charge < -0.3 is 14.6 Å². The third-order valence-corrected chi connectivity index (χ3v) is 4.89. The Labute approximate surface area is 177 Å².